The summed E-state index contributed by atoms with van der Waals surface area (Å²) in [6.07, 6.45) is 1.51. The Morgan fingerprint density at radius 3 is 2.36 bits per heavy atom. The van der Waals surface area contributed by atoms with Crippen LogP contribution in [-0.2, 0) is 10.0 Å². The van der Waals surface area contributed by atoms with Crippen molar-refractivity contribution in [2.75, 3.05) is 4.72 Å². The molecule has 0 aliphatic heterocycles. The number of carbonyl (C=O) groups excluding carboxylic acids is 1. The highest BCUT2D eigenvalue weighted by Crippen LogP contribution is 2.19. The maximum Gasteiger partial charge on any atom is 0.261 e. The molecule has 2 N–H and O–H groups in total. The fourth-order valence-electron chi connectivity index (χ4n) is 2.44. The number of hydrogen-bond acceptors (Lipinski definition) is 4. The Hall–Kier alpha value is -3.20. The lowest BCUT2D eigenvalue weighted by atomic mass is 10.1. The molecule has 0 aliphatic rings. The number of amides is 1. The molecule has 1 amide bonds. The van der Waals surface area contributed by atoms with E-state index in [1.807, 2.05) is 0 Å². The van der Waals surface area contributed by atoms with E-state index in [0.717, 1.165) is 12.1 Å². The monoisotopic (exact) mass is 406 g/mol. The molecule has 0 aliphatic carbocycles. The van der Waals surface area contributed by atoms with Crippen LogP contribution in [0, 0.1) is 11.6 Å². The quantitative estimate of drug-likeness (QED) is 0.651. The number of halogens is 2. The molecule has 1 aromatic heterocycles. The smallest absolute Gasteiger partial charge is 0.261 e. The summed E-state index contributed by atoms with van der Waals surface area (Å²) in [6.45, 7) is 1.76. The summed E-state index contributed by atoms with van der Waals surface area (Å²) in [5, 5.41) is 2.76. The van der Waals surface area contributed by atoms with Gasteiger partial charge in [-0.1, -0.05) is 0 Å². The Balaban J connectivity index is 1.70. The number of carbonyl (C=O) groups is 1. The van der Waals surface area contributed by atoms with E-state index in [4.69, 9.17) is 4.42 Å². The van der Waals surface area contributed by atoms with Crippen LogP contribution in [0.3, 0.4) is 0 Å². The Morgan fingerprint density at radius 1 is 1.04 bits per heavy atom. The molecule has 0 bridgehead atoms. The standard InChI is InChI=1S/C19H16F2N2O4S/c1-12(18-3-2-10-27-18)22-19(24)13-4-6-14(7-5-13)23-28(25,26)15-8-9-16(20)17(21)11-15/h2-12,23H,1H3,(H,22,24). The molecule has 1 heterocycles. The van der Waals surface area contributed by atoms with Crippen molar-refractivity contribution in [3.63, 3.8) is 0 Å². The molecule has 0 saturated carbocycles. The van der Waals surface area contributed by atoms with E-state index in [2.05, 4.69) is 10.0 Å². The third kappa shape index (κ3) is 4.37. The Labute approximate surface area is 160 Å². The molecule has 3 rings (SSSR count). The van der Waals surface area contributed by atoms with Crippen LogP contribution in [0.5, 0.6) is 0 Å². The minimum absolute atomic E-state index is 0.167. The van der Waals surface area contributed by atoms with E-state index in [9.17, 15) is 22.0 Å². The first-order valence-electron chi connectivity index (χ1n) is 8.18. The van der Waals surface area contributed by atoms with Gasteiger partial charge in [-0.05, 0) is 61.5 Å². The molecule has 146 valence electrons. The average molecular weight is 406 g/mol. The van der Waals surface area contributed by atoms with Gasteiger partial charge in [0.05, 0.1) is 17.2 Å². The summed E-state index contributed by atoms with van der Waals surface area (Å²) in [7, 11) is -4.10. The van der Waals surface area contributed by atoms with Gasteiger partial charge in [-0.3, -0.25) is 9.52 Å². The van der Waals surface area contributed by atoms with Gasteiger partial charge in [0.1, 0.15) is 5.76 Å². The number of sulfonamides is 1. The van der Waals surface area contributed by atoms with Gasteiger partial charge in [0.2, 0.25) is 0 Å². The zero-order chi connectivity index (χ0) is 20.3. The molecule has 2 aromatic carbocycles. The van der Waals surface area contributed by atoms with Crippen LogP contribution >= 0.6 is 0 Å². The van der Waals surface area contributed by atoms with Gasteiger partial charge in [0.15, 0.2) is 11.6 Å². The molecule has 3 aromatic rings. The first kappa shape index (κ1) is 19.6. The van der Waals surface area contributed by atoms with Crippen LogP contribution in [0.2, 0.25) is 0 Å². The number of furan rings is 1. The first-order chi connectivity index (χ1) is 13.3. The second-order valence-corrected chi connectivity index (χ2v) is 7.65. The number of rotatable bonds is 6. The van der Waals surface area contributed by atoms with Crippen molar-refractivity contribution in [1.29, 1.82) is 0 Å². The lowest BCUT2D eigenvalue weighted by Gasteiger charge is -2.12. The van der Waals surface area contributed by atoms with Crippen molar-refractivity contribution in [2.45, 2.75) is 17.9 Å². The van der Waals surface area contributed by atoms with E-state index in [-0.39, 0.29) is 17.6 Å². The van der Waals surface area contributed by atoms with Crippen molar-refractivity contribution >= 4 is 21.6 Å². The largest absolute Gasteiger partial charge is 0.467 e. The van der Waals surface area contributed by atoms with Gasteiger partial charge in [-0.2, -0.15) is 0 Å². The predicted molar refractivity (Wildman–Crippen MR) is 98.2 cm³/mol. The van der Waals surface area contributed by atoms with Crippen molar-refractivity contribution in [1.82, 2.24) is 5.32 Å². The van der Waals surface area contributed by atoms with Gasteiger partial charge in [0, 0.05) is 11.3 Å². The molecule has 9 heteroatoms. The zero-order valence-electron chi connectivity index (χ0n) is 14.6. The molecule has 0 fully saturated rings. The van der Waals surface area contributed by atoms with Crippen LogP contribution in [0.1, 0.15) is 29.1 Å². The molecule has 0 spiro atoms. The van der Waals surface area contributed by atoms with E-state index >= 15 is 0 Å². The Kier molecular flexibility index (Phi) is 5.46. The van der Waals surface area contributed by atoms with Gasteiger partial charge in [0.25, 0.3) is 15.9 Å². The van der Waals surface area contributed by atoms with Crippen LogP contribution < -0.4 is 10.0 Å². The normalized spacial score (nSPS) is 12.4. The fraction of sp³-hybridized carbons (Fsp3) is 0.105. The molecule has 28 heavy (non-hydrogen) atoms. The maximum absolute atomic E-state index is 13.3. The summed E-state index contributed by atoms with van der Waals surface area (Å²) in [6, 6.07) is 11.1. The fourth-order valence-corrected chi connectivity index (χ4v) is 3.51. The molecule has 1 unspecified atom stereocenters. The summed E-state index contributed by atoms with van der Waals surface area (Å²) >= 11 is 0. The first-order valence-corrected chi connectivity index (χ1v) is 9.67. The summed E-state index contributed by atoms with van der Waals surface area (Å²) in [5.74, 6) is -2.16. The summed E-state index contributed by atoms with van der Waals surface area (Å²) in [5.41, 5.74) is 0.481. The lowest BCUT2D eigenvalue weighted by Crippen LogP contribution is -2.26. The number of benzene rings is 2. The van der Waals surface area contributed by atoms with Crippen LogP contribution in [0.25, 0.3) is 0 Å². The van der Waals surface area contributed by atoms with E-state index in [1.165, 1.54) is 30.5 Å². The predicted octanol–water partition coefficient (Wildman–Crippen LogP) is 3.85. The van der Waals surface area contributed by atoms with Crippen LogP contribution in [0.15, 0.2) is 70.2 Å². The minimum atomic E-state index is -4.10. The van der Waals surface area contributed by atoms with E-state index < -0.39 is 26.6 Å². The highest BCUT2D eigenvalue weighted by molar-refractivity contribution is 7.92. The Bertz CT molecular complexity index is 1080. The number of hydrogen-bond donors (Lipinski definition) is 2. The van der Waals surface area contributed by atoms with Gasteiger partial charge < -0.3 is 9.73 Å². The molecule has 6 nitrogen and oxygen atoms in total. The molecule has 0 saturated heterocycles. The van der Waals surface area contributed by atoms with Gasteiger partial charge >= 0.3 is 0 Å². The maximum atomic E-state index is 13.3. The van der Waals surface area contributed by atoms with Gasteiger partial charge in [-0.15, -0.1) is 0 Å². The van der Waals surface area contributed by atoms with E-state index in [1.54, 1.807) is 19.1 Å². The van der Waals surface area contributed by atoms with Crippen LogP contribution in [0.4, 0.5) is 14.5 Å². The number of anilines is 1. The van der Waals surface area contributed by atoms with Gasteiger partial charge in [-0.25, -0.2) is 17.2 Å². The topological polar surface area (TPSA) is 88.4 Å². The summed E-state index contributed by atoms with van der Waals surface area (Å²) < 4.78 is 58.3. The molecular formula is C19H16F2N2O4S. The second-order valence-electron chi connectivity index (χ2n) is 5.97. The highest BCUT2D eigenvalue weighted by atomic mass is 32.2. The summed E-state index contributed by atoms with van der Waals surface area (Å²) in [4.78, 5) is 11.9. The van der Waals surface area contributed by atoms with Crippen molar-refractivity contribution < 1.29 is 26.4 Å². The SMILES string of the molecule is CC(NC(=O)c1ccc(NS(=O)(=O)c2ccc(F)c(F)c2)cc1)c1ccco1. The van der Waals surface area contributed by atoms with Crippen molar-refractivity contribution in [3.05, 3.63) is 83.8 Å². The molecule has 1 atom stereocenters. The molecule has 0 radical (unpaired) electrons. The average Bonchev–Trinajstić information content (AvgIpc) is 3.19. The third-order valence-corrected chi connectivity index (χ3v) is 5.30. The second kappa shape index (κ2) is 7.81. The van der Waals surface area contributed by atoms with Crippen molar-refractivity contribution in [3.8, 4) is 0 Å². The highest BCUT2D eigenvalue weighted by Gasteiger charge is 2.17. The van der Waals surface area contributed by atoms with Crippen molar-refractivity contribution in [2.24, 2.45) is 0 Å². The molecular weight excluding hydrogens is 390 g/mol. The number of nitrogens with one attached hydrogen (secondary N) is 2. The zero-order valence-corrected chi connectivity index (χ0v) is 15.5. The Morgan fingerprint density at radius 2 is 1.75 bits per heavy atom. The van der Waals surface area contributed by atoms with E-state index in [0.29, 0.717) is 17.4 Å². The van der Waals surface area contributed by atoms with Crippen LogP contribution in [-0.4, -0.2) is 14.3 Å². The minimum Gasteiger partial charge on any atom is -0.467 e. The third-order valence-electron chi connectivity index (χ3n) is 3.92. The lowest BCUT2D eigenvalue weighted by molar-refractivity contribution is 0.0935.